The van der Waals surface area contributed by atoms with E-state index in [1.165, 1.54) is 18.5 Å². The first-order valence-corrected chi connectivity index (χ1v) is 8.45. The highest BCUT2D eigenvalue weighted by atomic mass is 35.5. The summed E-state index contributed by atoms with van der Waals surface area (Å²) in [5.74, 6) is -0.312. The molecule has 0 bridgehead atoms. The molecule has 0 atom stereocenters. The lowest BCUT2D eigenvalue weighted by atomic mass is 10.4. The molecule has 92 valence electrons. The zero-order chi connectivity index (χ0) is 10.3. The van der Waals surface area contributed by atoms with E-state index in [0.717, 1.165) is 6.42 Å². The minimum Gasteiger partial charge on any atom is -0.463 e. The summed E-state index contributed by atoms with van der Waals surface area (Å²) >= 11 is 0. The summed E-state index contributed by atoms with van der Waals surface area (Å²) in [4.78, 5) is 10.6. The Morgan fingerprint density at radius 1 is 1.33 bits per heavy atom. The molecule has 0 saturated carbocycles. The average Bonchev–Trinajstić information content (AvgIpc) is 2.01. The first kappa shape index (κ1) is 20.1. The van der Waals surface area contributed by atoms with E-state index < -0.39 is 8.07 Å². The molecule has 0 aromatic carbocycles. The number of rotatable bonds is 6. The summed E-state index contributed by atoms with van der Waals surface area (Å²) in [5, 5.41) is 0. The highest BCUT2D eigenvalue weighted by Gasteiger charge is 2.11. The topological polar surface area (TPSA) is 61.3 Å². The van der Waals surface area contributed by atoms with Crippen molar-refractivity contribution in [3.8, 4) is 0 Å². The molecule has 0 aliphatic heterocycles. The van der Waals surface area contributed by atoms with Crippen molar-refractivity contribution in [2.45, 2.75) is 38.5 Å². The summed E-state index contributed by atoms with van der Waals surface area (Å²) in [6, 6.07) is 1.30. The minimum atomic E-state index is -0.903. The van der Waals surface area contributed by atoms with Crippen molar-refractivity contribution >= 4 is 26.5 Å². The SMILES string of the molecule is C=CC(=O)OCCCC[Si](C)(C)C.Cl.N. The molecule has 0 radical (unpaired) electrons. The maximum absolute atomic E-state index is 10.6. The zero-order valence-electron chi connectivity index (χ0n) is 10.0. The number of ether oxygens (including phenoxy) is 1. The molecular formula is C10H24ClNO2Si. The quantitative estimate of drug-likeness (QED) is 0.342. The predicted octanol–water partition coefficient (Wildman–Crippen LogP) is 3.42. The Balaban J connectivity index is -0.000000720. The Bertz CT molecular complexity index is 181. The number of halogens is 1. The van der Waals surface area contributed by atoms with Crippen molar-refractivity contribution in [1.29, 1.82) is 0 Å². The minimum absolute atomic E-state index is 0. The van der Waals surface area contributed by atoms with Gasteiger partial charge in [-0.15, -0.1) is 12.4 Å². The molecule has 0 saturated heterocycles. The highest BCUT2D eigenvalue weighted by Crippen LogP contribution is 2.12. The molecule has 0 rings (SSSR count). The maximum Gasteiger partial charge on any atom is 0.330 e. The van der Waals surface area contributed by atoms with Crippen LogP contribution < -0.4 is 6.15 Å². The summed E-state index contributed by atoms with van der Waals surface area (Å²) < 4.78 is 4.86. The lowest BCUT2D eigenvalue weighted by Crippen LogP contribution is -2.18. The van der Waals surface area contributed by atoms with Gasteiger partial charge in [-0.1, -0.05) is 38.7 Å². The van der Waals surface area contributed by atoms with Crippen LogP contribution >= 0.6 is 12.4 Å². The van der Waals surface area contributed by atoms with Crippen LogP contribution in [0.3, 0.4) is 0 Å². The van der Waals surface area contributed by atoms with Gasteiger partial charge in [-0.25, -0.2) is 4.79 Å². The van der Waals surface area contributed by atoms with Crippen molar-refractivity contribution in [1.82, 2.24) is 6.15 Å². The van der Waals surface area contributed by atoms with Crippen LogP contribution in [0.2, 0.25) is 25.7 Å². The number of hydrogen-bond donors (Lipinski definition) is 1. The van der Waals surface area contributed by atoms with Gasteiger partial charge in [0, 0.05) is 14.1 Å². The van der Waals surface area contributed by atoms with E-state index in [9.17, 15) is 4.79 Å². The van der Waals surface area contributed by atoms with Crippen LogP contribution in [-0.2, 0) is 9.53 Å². The Hall–Kier alpha value is -0.323. The standard InChI is InChI=1S/C10H20O2Si.ClH.H3N/c1-5-10(11)12-8-6-7-9-13(2,3)4;;/h5H,1,6-9H2,2-4H3;1H;1H3. The highest BCUT2D eigenvalue weighted by molar-refractivity contribution is 6.76. The fraction of sp³-hybridized carbons (Fsp3) is 0.700. The van der Waals surface area contributed by atoms with E-state index in [0.29, 0.717) is 6.61 Å². The van der Waals surface area contributed by atoms with E-state index in [4.69, 9.17) is 4.74 Å². The van der Waals surface area contributed by atoms with Gasteiger partial charge >= 0.3 is 5.97 Å². The smallest absolute Gasteiger partial charge is 0.330 e. The van der Waals surface area contributed by atoms with Crippen LogP contribution in [0, 0.1) is 0 Å². The third-order valence-corrected chi connectivity index (χ3v) is 3.59. The Kier molecular flexibility index (Phi) is 13.7. The molecule has 0 heterocycles. The fourth-order valence-corrected chi connectivity index (χ4v) is 2.30. The van der Waals surface area contributed by atoms with Gasteiger partial charge in [-0.3, -0.25) is 0 Å². The number of unbranched alkanes of at least 4 members (excludes halogenated alkanes) is 1. The van der Waals surface area contributed by atoms with Crippen LogP contribution in [0.5, 0.6) is 0 Å². The number of carbonyl (C=O) groups is 1. The molecule has 3 N–H and O–H groups in total. The van der Waals surface area contributed by atoms with Crippen molar-refractivity contribution in [3.63, 3.8) is 0 Å². The Labute approximate surface area is 100 Å². The second-order valence-corrected chi connectivity index (χ2v) is 10.0. The van der Waals surface area contributed by atoms with Crippen LogP contribution in [0.4, 0.5) is 0 Å². The summed E-state index contributed by atoms with van der Waals surface area (Å²) in [6.45, 7) is 10.9. The molecule has 0 unspecified atom stereocenters. The van der Waals surface area contributed by atoms with Crippen LogP contribution in [-0.4, -0.2) is 20.7 Å². The Morgan fingerprint density at radius 3 is 2.27 bits per heavy atom. The monoisotopic (exact) mass is 253 g/mol. The summed E-state index contributed by atoms with van der Waals surface area (Å²) in [5.41, 5.74) is 0. The van der Waals surface area contributed by atoms with Crippen molar-refractivity contribution in [3.05, 3.63) is 12.7 Å². The van der Waals surface area contributed by atoms with Crippen molar-refractivity contribution < 1.29 is 9.53 Å². The molecule has 3 nitrogen and oxygen atoms in total. The third kappa shape index (κ3) is 16.4. The number of esters is 1. The molecule has 5 heteroatoms. The van der Waals surface area contributed by atoms with Gasteiger partial charge in [0.25, 0.3) is 0 Å². The molecule has 15 heavy (non-hydrogen) atoms. The number of hydrogen-bond acceptors (Lipinski definition) is 3. The van der Waals surface area contributed by atoms with E-state index in [1.54, 1.807) is 0 Å². The lowest BCUT2D eigenvalue weighted by Gasteiger charge is -2.14. The first-order chi connectivity index (χ1) is 5.95. The van der Waals surface area contributed by atoms with Crippen LogP contribution in [0.25, 0.3) is 0 Å². The maximum atomic E-state index is 10.6. The molecule has 0 aromatic rings. The molecule has 0 aliphatic rings. The Morgan fingerprint density at radius 2 is 1.87 bits per heavy atom. The second-order valence-electron chi connectivity index (χ2n) is 4.39. The normalized spacial score (nSPS) is 9.53. The van der Waals surface area contributed by atoms with E-state index in [1.807, 2.05) is 0 Å². The second kappa shape index (κ2) is 10.2. The van der Waals surface area contributed by atoms with Gasteiger partial charge in [0.1, 0.15) is 0 Å². The van der Waals surface area contributed by atoms with Crippen molar-refractivity contribution in [2.24, 2.45) is 0 Å². The van der Waals surface area contributed by atoms with E-state index in [-0.39, 0.29) is 24.5 Å². The predicted molar refractivity (Wildman–Crippen MR) is 70.8 cm³/mol. The van der Waals surface area contributed by atoms with E-state index in [2.05, 4.69) is 26.2 Å². The first-order valence-electron chi connectivity index (χ1n) is 4.75. The van der Waals surface area contributed by atoms with Gasteiger partial charge in [0.2, 0.25) is 0 Å². The molecule has 0 spiro atoms. The third-order valence-electron chi connectivity index (χ3n) is 1.73. The van der Waals surface area contributed by atoms with Crippen LogP contribution in [0.15, 0.2) is 12.7 Å². The molecule has 0 fully saturated rings. The van der Waals surface area contributed by atoms with Gasteiger partial charge < -0.3 is 10.9 Å². The molecule has 0 aliphatic carbocycles. The van der Waals surface area contributed by atoms with Crippen molar-refractivity contribution in [2.75, 3.05) is 6.61 Å². The van der Waals surface area contributed by atoms with Gasteiger partial charge in [-0.2, -0.15) is 0 Å². The number of carbonyl (C=O) groups excluding carboxylic acids is 1. The lowest BCUT2D eigenvalue weighted by molar-refractivity contribution is -0.137. The van der Waals surface area contributed by atoms with Gasteiger partial charge in [0.15, 0.2) is 0 Å². The van der Waals surface area contributed by atoms with E-state index >= 15 is 0 Å². The van der Waals surface area contributed by atoms with Gasteiger partial charge in [-0.05, 0) is 6.42 Å². The summed E-state index contributed by atoms with van der Waals surface area (Å²) in [7, 11) is -0.903. The van der Waals surface area contributed by atoms with Crippen LogP contribution in [0.1, 0.15) is 12.8 Å². The summed E-state index contributed by atoms with van der Waals surface area (Å²) in [6.07, 6.45) is 3.35. The van der Waals surface area contributed by atoms with Gasteiger partial charge in [0.05, 0.1) is 6.61 Å². The largest absolute Gasteiger partial charge is 0.463 e. The molecular weight excluding hydrogens is 230 g/mol. The zero-order valence-corrected chi connectivity index (χ0v) is 11.9. The molecule has 0 aromatic heterocycles. The molecule has 0 amide bonds. The fourth-order valence-electron chi connectivity index (χ4n) is 0.989. The average molecular weight is 254 g/mol.